The highest BCUT2D eigenvalue weighted by atomic mass is 16.5. The molecule has 3 nitrogen and oxygen atoms in total. The van der Waals surface area contributed by atoms with Gasteiger partial charge < -0.3 is 15.2 Å². The van der Waals surface area contributed by atoms with E-state index < -0.39 is 0 Å². The Morgan fingerprint density at radius 3 is 3.06 bits per heavy atom. The van der Waals surface area contributed by atoms with Gasteiger partial charge in [0.05, 0.1) is 13.7 Å². The number of allylic oxidation sites excluding steroid dienone is 1. The number of methoxy groups -OCH3 is 1. The Morgan fingerprint density at radius 1 is 1.59 bits per heavy atom. The predicted molar refractivity (Wildman–Crippen MR) is 68.9 cm³/mol. The summed E-state index contributed by atoms with van der Waals surface area (Å²) in [5.41, 5.74) is 9.26. The Morgan fingerprint density at radius 2 is 2.41 bits per heavy atom. The van der Waals surface area contributed by atoms with Crippen LogP contribution in [0.25, 0.3) is 0 Å². The molecule has 0 radical (unpaired) electrons. The van der Waals surface area contributed by atoms with Crippen LogP contribution in [-0.4, -0.2) is 20.3 Å². The topological polar surface area (TPSA) is 44.5 Å². The smallest absolute Gasteiger partial charge is 0.126 e. The van der Waals surface area contributed by atoms with Crippen molar-refractivity contribution in [1.82, 2.24) is 0 Å². The zero-order valence-corrected chi connectivity index (χ0v) is 10.3. The molecule has 0 amide bonds. The molecular weight excluding hydrogens is 214 g/mol. The minimum atomic E-state index is 0.625. The van der Waals surface area contributed by atoms with E-state index in [0.717, 1.165) is 42.9 Å². The number of ether oxygens (including phenoxy) is 2. The molecule has 2 rings (SSSR count). The summed E-state index contributed by atoms with van der Waals surface area (Å²) < 4.78 is 11.2. The zero-order chi connectivity index (χ0) is 12.3. The van der Waals surface area contributed by atoms with E-state index in [1.54, 1.807) is 7.11 Å². The van der Waals surface area contributed by atoms with Crippen LogP contribution in [0, 0.1) is 0 Å². The molecule has 1 aliphatic rings. The minimum Gasteiger partial charge on any atom is -0.496 e. The van der Waals surface area contributed by atoms with Gasteiger partial charge in [-0.25, -0.2) is 0 Å². The third-order valence-electron chi connectivity index (χ3n) is 3.11. The molecule has 0 spiro atoms. The second kappa shape index (κ2) is 5.23. The molecule has 1 aliphatic heterocycles. The fourth-order valence-electron chi connectivity index (χ4n) is 2.38. The second-order valence-corrected chi connectivity index (χ2v) is 4.15. The van der Waals surface area contributed by atoms with Crippen molar-refractivity contribution in [2.45, 2.75) is 19.3 Å². The Hall–Kier alpha value is -1.48. The number of rotatable bonds is 5. The summed E-state index contributed by atoms with van der Waals surface area (Å²) in [5.74, 6) is 1.95. The third kappa shape index (κ3) is 2.15. The maximum Gasteiger partial charge on any atom is 0.126 e. The summed E-state index contributed by atoms with van der Waals surface area (Å²) in [6.07, 6.45) is 4.50. The van der Waals surface area contributed by atoms with E-state index in [0.29, 0.717) is 6.54 Å². The summed E-state index contributed by atoms with van der Waals surface area (Å²) in [4.78, 5) is 0. The molecule has 0 aliphatic carbocycles. The first-order valence-corrected chi connectivity index (χ1v) is 5.97. The Labute approximate surface area is 102 Å². The summed E-state index contributed by atoms with van der Waals surface area (Å²) in [5, 5.41) is 0. The molecule has 0 fully saturated rings. The normalized spacial score (nSPS) is 13.1. The van der Waals surface area contributed by atoms with Crippen molar-refractivity contribution in [2.24, 2.45) is 5.73 Å². The van der Waals surface area contributed by atoms with Gasteiger partial charge in [0, 0.05) is 17.5 Å². The van der Waals surface area contributed by atoms with Crippen molar-refractivity contribution in [1.29, 1.82) is 0 Å². The second-order valence-electron chi connectivity index (χ2n) is 4.15. The van der Waals surface area contributed by atoms with E-state index in [9.17, 15) is 0 Å². The van der Waals surface area contributed by atoms with Crippen LogP contribution in [0.2, 0.25) is 0 Å². The Bertz CT molecular complexity index is 427. The Balaban J connectivity index is 2.53. The van der Waals surface area contributed by atoms with E-state index in [1.165, 1.54) is 11.1 Å². The van der Waals surface area contributed by atoms with Crippen molar-refractivity contribution in [2.75, 3.05) is 20.3 Å². The van der Waals surface area contributed by atoms with Gasteiger partial charge in [-0.2, -0.15) is 0 Å². The molecule has 0 bridgehead atoms. The van der Waals surface area contributed by atoms with E-state index in [-0.39, 0.29) is 0 Å². The Kier molecular flexibility index (Phi) is 3.69. The molecule has 0 saturated carbocycles. The van der Waals surface area contributed by atoms with Crippen molar-refractivity contribution in [3.05, 3.63) is 35.4 Å². The summed E-state index contributed by atoms with van der Waals surface area (Å²) in [7, 11) is 1.70. The number of fused-ring (bicyclic) bond motifs is 1. The van der Waals surface area contributed by atoms with Crippen LogP contribution < -0.4 is 15.2 Å². The molecule has 3 heteroatoms. The van der Waals surface area contributed by atoms with Crippen molar-refractivity contribution >= 4 is 0 Å². The van der Waals surface area contributed by atoms with Crippen molar-refractivity contribution < 1.29 is 9.47 Å². The standard InChI is InChI=1S/C14H19NO2/c1-3-4-11-12-6-8-17-14(12)10(5-7-15)9-13(11)16-2/h3,9H,1,4-8,15H2,2H3. The van der Waals surface area contributed by atoms with Gasteiger partial charge in [-0.05, 0) is 31.0 Å². The highest BCUT2D eigenvalue weighted by Gasteiger charge is 2.22. The average Bonchev–Trinajstić information content (AvgIpc) is 2.81. The highest BCUT2D eigenvalue weighted by Crippen LogP contribution is 2.38. The van der Waals surface area contributed by atoms with Crippen LogP contribution in [0.3, 0.4) is 0 Å². The molecule has 1 heterocycles. The van der Waals surface area contributed by atoms with E-state index in [2.05, 4.69) is 12.6 Å². The first-order chi connectivity index (χ1) is 8.31. The maximum absolute atomic E-state index is 5.72. The van der Waals surface area contributed by atoms with Crippen molar-refractivity contribution in [3.8, 4) is 11.5 Å². The lowest BCUT2D eigenvalue weighted by atomic mass is 9.96. The van der Waals surface area contributed by atoms with Gasteiger partial charge in [-0.1, -0.05) is 6.08 Å². The number of nitrogens with two attached hydrogens (primary N) is 1. The van der Waals surface area contributed by atoms with Gasteiger partial charge in [0.1, 0.15) is 11.5 Å². The quantitative estimate of drug-likeness (QED) is 0.789. The lowest BCUT2D eigenvalue weighted by molar-refractivity contribution is 0.353. The number of hydrogen-bond acceptors (Lipinski definition) is 3. The van der Waals surface area contributed by atoms with Gasteiger partial charge in [0.2, 0.25) is 0 Å². The fraction of sp³-hybridized carbons (Fsp3) is 0.429. The summed E-state index contributed by atoms with van der Waals surface area (Å²) >= 11 is 0. The number of hydrogen-bond donors (Lipinski definition) is 1. The van der Waals surface area contributed by atoms with Gasteiger partial charge in [-0.3, -0.25) is 0 Å². The molecular formula is C14H19NO2. The number of benzene rings is 1. The minimum absolute atomic E-state index is 0.625. The van der Waals surface area contributed by atoms with Crippen LogP contribution in [0.1, 0.15) is 16.7 Å². The molecule has 0 unspecified atom stereocenters. The molecule has 2 N–H and O–H groups in total. The zero-order valence-electron chi connectivity index (χ0n) is 10.3. The van der Waals surface area contributed by atoms with Crippen LogP contribution in [-0.2, 0) is 19.3 Å². The van der Waals surface area contributed by atoms with E-state index in [4.69, 9.17) is 15.2 Å². The fourth-order valence-corrected chi connectivity index (χ4v) is 2.38. The molecule has 17 heavy (non-hydrogen) atoms. The van der Waals surface area contributed by atoms with Crippen LogP contribution in [0.15, 0.2) is 18.7 Å². The summed E-state index contributed by atoms with van der Waals surface area (Å²) in [6.45, 7) is 5.18. The SMILES string of the molecule is C=CCc1c(OC)cc(CCN)c2c1CCO2. The van der Waals surface area contributed by atoms with Gasteiger partial charge >= 0.3 is 0 Å². The van der Waals surface area contributed by atoms with Gasteiger partial charge in [0.15, 0.2) is 0 Å². The van der Waals surface area contributed by atoms with Crippen LogP contribution in [0.5, 0.6) is 11.5 Å². The molecule has 92 valence electrons. The summed E-state index contributed by atoms with van der Waals surface area (Å²) in [6, 6.07) is 2.05. The lowest BCUT2D eigenvalue weighted by Crippen LogP contribution is -2.06. The first kappa shape index (κ1) is 12.0. The van der Waals surface area contributed by atoms with Gasteiger partial charge in [0.25, 0.3) is 0 Å². The molecule has 1 aromatic carbocycles. The van der Waals surface area contributed by atoms with E-state index >= 15 is 0 Å². The maximum atomic E-state index is 5.72. The monoisotopic (exact) mass is 233 g/mol. The predicted octanol–water partition coefficient (Wildman–Crippen LogP) is 1.86. The molecule has 0 aromatic heterocycles. The van der Waals surface area contributed by atoms with Gasteiger partial charge in [-0.15, -0.1) is 6.58 Å². The largest absolute Gasteiger partial charge is 0.496 e. The first-order valence-electron chi connectivity index (χ1n) is 5.97. The van der Waals surface area contributed by atoms with Crippen LogP contribution in [0.4, 0.5) is 0 Å². The molecule has 1 aromatic rings. The third-order valence-corrected chi connectivity index (χ3v) is 3.11. The van der Waals surface area contributed by atoms with Crippen LogP contribution >= 0.6 is 0 Å². The highest BCUT2D eigenvalue weighted by molar-refractivity contribution is 5.56. The molecule has 0 atom stereocenters. The van der Waals surface area contributed by atoms with E-state index in [1.807, 2.05) is 6.08 Å². The lowest BCUT2D eigenvalue weighted by Gasteiger charge is -2.15. The van der Waals surface area contributed by atoms with Crippen molar-refractivity contribution in [3.63, 3.8) is 0 Å². The molecule has 0 saturated heterocycles. The average molecular weight is 233 g/mol.